The predicted octanol–water partition coefficient (Wildman–Crippen LogP) is 3.09. The Hall–Kier alpha value is -1.96. The monoisotopic (exact) mass is 194 g/mol. The van der Waals surface area contributed by atoms with Gasteiger partial charge < -0.3 is 0 Å². The minimum Gasteiger partial charge on any atom is -0.254 e. The SMILES string of the molecule is Cc1ccc2ncc3ccccc3c2n1. The maximum Gasteiger partial charge on any atom is 0.0968 e. The molecule has 0 saturated carbocycles. The largest absolute Gasteiger partial charge is 0.254 e. The van der Waals surface area contributed by atoms with Crippen molar-refractivity contribution in [2.45, 2.75) is 6.92 Å². The second-order valence-corrected chi connectivity index (χ2v) is 3.67. The molecule has 2 aromatic heterocycles. The Morgan fingerprint density at radius 2 is 1.87 bits per heavy atom. The molecule has 0 saturated heterocycles. The van der Waals surface area contributed by atoms with Gasteiger partial charge in [0.1, 0.15) is 0 Å². The van der Waals surface area contributed by atoms with Crippen molar-refractivity contribution in [3.63, 3.8) is 0 Å². The van der Waals surface area contributed by atoms with Gasteiger partial charge in [-0.3, -0.25) is 9.97 Å². The molecule has 0 aliphatic rings. The quantitative estimate of drug-likeness (QED) is 0.514. The number of benzene rings is 1. The first-order chi connectivity index (χ1) is 7.34. The van der Waals surface area contributed by atoms with Crippen molar-refractivity contribution in [1.82, 2.24) is 9.97 Å². The van der Waals surface area contributed by atoms with Gasteiger partial charge in [-0.05, 0) is 19.1 Å². The van der Waals surface area contributed by atoms with E-state index in [0.29, 0.717) is 0 Å². The van der Waals surface area contributed by atoms with Crippen LogP contribution in [0.5, 0.6) is 0 Å². The smallest absolute Gasteiger partial charge is 0.0968 e. The standard InChI is InChI=1S/C13H10N2/c1-9-6-7-12-13(15-9)11-5-3-2-4-10(11)8-14-12/h2-8H,1H3. The number of aryl methyl sites for hydroxylation is 1. The molecule has 1 aromatic carbocycles. The van der Waals surface area contributed by atoms with Crippen LogP contribution in [0.1, 0.15) is 5.69 Å². The van der Waals surface area contributed by atoms with E-state index >= 15 is 0 Å². The van der Waals surface area contributed by atoms with Crippen LogP contribution in [0.25, 0.3) is 21.8 Å². The van der Waals surface area contributed by atoms with Crippen LogP contribution in [-0.4, -0.2) is 9.97 Å². The van der Waals surface area contributed by atoms with Gasteiger partial charge in [-0.25, -0.2) is 0 Å². The van der Waals surface area contributed by atoms with Gasteiger partial charge in [0.15, 0.2) is 0 Å². The first-order valence-corrected chi connectivity index (χ1v) is 4.96. The molecular weight excluding hydrogens is 184 g/mol. The molecule has 0 amide bonds. The van der Waals surface area contributed by atoms with E-state index in [1.54, 1.807) is 0 Å². The van der Waals surface area contributed by atoms with Crippen LogP contribution in [0.15, 0.2) is 42.6 Å². The van der Waals surface area contributed by atoms with Crippen molar-refractivity contribution in [2.24, 2.45) is 0 Å². The first kappa shape index (κ1) is 8.36. The van der Waals surface area contributed by atoms with Gasteiger partial charge in [0.25, 0.3) is 0 Å². The summed E-state index contributed by atoms with van der Waals surface area (Å²) in [6.45, 7) is 2.00. The molecule has 0 spiro atoms. The molecule has 0 bridgehead atoms. The lowest BCUT2D eigenvalue weighted by atomic mass is 10.1. The minimum atomic E-state index is 0.958. The molecule has 2 nitrogen and oxygen atoms in total. The van der Waals surface area contributed by atoms with E-state index in [4.69, 9.17) is 0 Å². The average molecular weight is 194 g/mol. The molecule has 0 aliphatic carbocycles. The number of fused-ring (bicyclic) bond motifs is 3. The van der Waals surface area contributed by atoms with Crippen molar-refractivity contribution in [3.8, 4) is 0 Å². The maximum atomic E-state index is 4.54. The third-order valence-corrected chi connectivity index (χ3v) is 2.57. The second kappa shape index (κ2) is 3.02. The molecule has 72 valence electrons. The van der Waals surface area contributed by atoms with Crippen molar-refractivity contribution < 1.29 is 0 Å². The Bertz CT molecular complexity index is 644. The van der Waals surface area contributed by atoms with Crippen LogP contribution in [0.3, 0.4) is 0 Å². The molecule has 0 aliphatic heterocycles. The highest BCUT2D eigenvalue weighted by Crippen LogP contribution is 2.21. The van der Waals surface area contributed by atoms with Crippen molar-refractivity contribution in [3.05, 3.63) is 48.3 Å². The highest BCUT2D eigenvalue weighted by Gasteiger charge is 2.01. The minimum absolute atomic E-state index is 0.958. The molecule has 3 aromatic rings. The van der Waals surface area contributed by atoms with E-state index in [9.17, 15) is 0 Å². The Morgan fingerprint density at radius 3 is 2.80 bits per heavy atom. The number of hydrogen-bond acceptors (Lipinski definition) is 2. The summed E-state index contributed by atoms with van der Waals surface area (Å²) >= 11 is 0. The molecule has 15 heavy (non-hydrogen) atoms. The van der Waals surface area contributed by atoms with Crippen LogP contribution in [0, 0.1) is 6.92 Å². The molecule has 0 atom stereocenters. The summed E-state index contributed by atoms with van der Waals surface area (Å²) in [5.41, 5.74) is 2.98. The number of pyridine rings is 2. The topological polar surface area (TPSA) is 25.8 Å². The number of rotatable bonds is 0. The average Bonchev–Trinajstić information content (AvgIpc) is 2.29. The number of nitrogens with zero attached hydrogens (tertiary/aromatic N) is 2. The van der Waals surface area contributed by atoms with Gasteiger partial charge in [0.2, 0.25) is 0 Å². The van der Waals surface area contributed by atoms with Gasteiger partial charge in [-0.15, -0.1) is 0 Å². The summed E-state index contributed by atoms with van der Waals surface area (Å²) in [6, 6.07) is 12.2. The van der Waals surface area contributed by atoms with E-state index in [1.165, 1.54) is 5.39 Å². The van der Waals surface area contributed by atoms with Gasteiger partial charge in [0, 0.05) is 22.7 Å². The molecule has 2 heteroatoms. The fourth-order valence-electron chi connectivity index (χ4n) is 1.82. The van der Waals surface area contributed by atoms with Gasteiger partial charge >= 0.3 is 0 Å². The van der Waals surface area contributed by atoms with Crippen LogP contribution in [0.4, 0.5) is 0 Å². The number of hydrogen-bond donors (Lipinski definition) is 0. The van der Waals surface area contributed by atoms with E-state index < -0.39 is 0 Å². The normalized spacial score (nSPS) is 11.0. The lowest BCUT2D eigenvalue weighted by Gasteiger charge is -2.02. The highest BCUT2D eigenvalue weighted by molar-refractivity contribution is 6.02. The van der Waals surface area contributed by atoms with Crippen LogP contribution >= 0.6 is 0 Å². The number of aromatic nitrogens is 2. The summed E-state index contributed by atoms with van der Waals surface area (Å²) < 4.78 is 0. The molecule has 0 radical (unpaired) electrons. The van der Waals surface area contributed by atoms with Crippen molar-refractivity contribution in [1.29, 1.82) is 0 Å². The third-order valence-electron chi connectivity index (χ3n) is 2.57. The molecule has 0 unspecified atom stereocenters. The maximum absolute atomic E-state index is 4.54. The Balaban J connectivity index is 2.57. The highest BCUT2D eigenvalue weighted by atomic mass is 14.8. The lowest BCUT2D eigenvalue weighted by molar-refractivity contribution is 1.25. The van der Waals surface area contributed by atoms with E-state index in [2.05, 4.69) is 22.1 Å². The third kappa shape index (κ3) is 1.26. The molecule has 0 N–H and O–H groups in total. The summed E-state index contributed by atoms with van der Waals surface area (Å²) in [7, 11) is 0. The van der Waals surface area contributed by atoms with E-state index in [1.807, 2.05) is 37.4 Å². The lowest BCUT2D eigenvalue weighted by Crippen LogP contribution is -1.87. The summed E-state index contributed by atoms with van der Waals surface area (Å²) in [5, 5.41) is 2.31. The van der Waals surface area contributed by atoms with Crippen LogP contribution < -0.4 is 0 Å². The fourth-order valence-corrected chi connectivity index (χ4v) is 1.82. The van der Waals surface area contributed by atoms with Crippen LogP contribution in [0.2, 0.25) is 0 Å². The first-order valence-electron chi connectivity index (χ1n) is 4.96. The van der Waals surface area contributed by atoms with Crippen molar-refractivity contribution >= 4 is 21.8 Å². The van der Waals surface area contributed by atoms with E-state index in [0.717, 1.165) is 22.1 Å². The zero-order valence-electron chi connectivity index (χ0n) is 8.44. The zero-order chi connectivity index (χ0) is 10.3. The van der Waals surface area contributed by atoms with Gasteiger partial charge in [-0.2, -0.15) is 0 Å². The Labute approximate surface area is 87.6 Å². The summed E-state index contributed by atoms with van der Waals surface area (Å²) in [5.74, 6) is 0. The Kier molecular flexibility index (Phi) is 1.68. The molecule has 3 rings (SSSR count). The Morgan fingerprint density at radius 1 is 1.00 bits per heavy atom. The molecule has 2 heterocycles. The molecule has 0 fully saturated rings. The second-order valence-electron chi connectivity index (χ2n) is 3.67. The van der Waals surface area contributed by atoms with Gasteiger partial charge in [0.05, 0.1) is 11.0 Å². The zero-order valence-corrected chi connectivity index (χ0v) is 8.44. The van der Waals surface area contributed by atoms with Gasteiger partial charge in [-0.1, -0.05) is 24.3 Å². The van der Waals surface area contributed by atoms with Crippen LogP contribution in [-0.2, 0) is 0 Å². The summed E-state index contributed by atoms with van der Waals surface area (Å²) in [4.78, 5) is 8.93. The fraction of sp³-hybridized carbons (Fsp3) is 0.0769. The predicted molar refractivity (Wildman–Crippen MR) is 61.8 cm³/mol. The molecular formula is C13H10N2. The van der Waals surface area contributed by atoms with E-state index in [-0.39, 0.29) is 0 Å². The van der Waals surface area contributed by atoms with Crippen molar-refractivity contribution in [2.75, 3.05) is 0 Å². The summed E-state index contributed by atoms with van der Waals surface area (Å²) in [6.07, 6.45) is 1.90.